The van der Waals surface area contributed by atoms with Crippen LogP contribution in [-0.2, 0) is 9.53 Å². The number of halogens is 3. The second-order valence-corrected chi connectivity index (χ2v) is 11.3. The predicted octanol–water partition coefficient (Wildman–Crippen LogP) is 6.95. The lowest BCUT2D eigenvalue weighted by Gasteiger charge is -2.23. The van der Waals surface area contributed by atoms with E-state index in [0.29, 0.717) is 49.3 Å². The zero-order valence-electron chi connectivity index (χ0n) is 21.1. The van der Waals surface area contributed by atoms with Crippen molar-refractivity contribution in [1.29, 1.82) is 0 Å². The molecule has 202 valence electrons. The van der Waals surface area contributed by atoms with E-state index in [2.05, 4.69) is 52.9 Å². The van der Waals surface area contributed by atoms with E-state index >= 15 is 0 Å². The Bertz CT molecular complexity index is 1420. The van der Waals surface area contributed by atoms with Crippen molar-refractivity contribution in [3.05, 3.63) is 59.4 Å². The summed E-state index contributed by atoms with van der Waals surface area (Å²) >= 11 is 10.6. The van der Waals surface area contributed by atoms with E-state index in [1.165, 1.54) is 11.1 Å². The molecule has 0 aliphatic heterocycles. The van der Waals surface area contributed by atoms with Gasteiger partial charge >= 0.3 is 5.97 Å². The number of hydrogen-bond acceptors (Lipinski definition) is 7. The maximum atomic E-state index is 13.6. The Morgan fingerprint density at radius 1 is 1.08 bits per heavy atom. The molecular formula is C27H28Br3N3O5. The molecule has 3 aromatic rings. The van der Waals surface area contributed by atoms with Gasteiger partial charge in [0.05, 0.1) is 34.8 Å². The van der Waals surface area contributed by atoms with E-state index in [0.717, 1.165) is 30.2 Å². The molecule has 1 aromatic heterocycles. The fourth-order valence-electron chi connectivity index (χ4n) is 4.45. The molecule has 38 heavy (non-hydrogen) atoms. The summed E-state index contributed by atoms with van der Waals surface area (Å²) in [5.74, 6) is 1.15. The Morgan fingerprint density at radius 3 is 2.55 bits per heavy atom. The highest BCUT2D eigenvalue weighted by molar-refractivity contribution is 9.13. The average Bonchev–Trinajstić information content (AvgIpc) is 2.91. The number of nitrogens with zero attached hydrogens (tertiary/aromatic N) is 3. The zero-order valence-corrected chi connectivity index (χ0v) is 25.9. The van der Waals surface area contributed by atoms with Gasteiger partial charge in [-0.05, 0) is 82.8 Å². The monoisotopic (exact) mass is 711 g/mol. The van der Waals surface area contributed by atoms with Crippen LogP contribution in [0.3, 0.4) is 0 Å². The molecule has 11 heteroatoms. The van der Waals surface area contributed by atoms with Crippen LogP contribution < -0.4 is 15.0 Å². The van der Waals surface area contributed by atoms with E-state index in [9.17, 15) is 9.59 Å². The third-order valence-electron chi connectivity index (χ3n) is 6.21. The minimum atomic E-state index is -0.478. The van der Waals surface area contributed by atoms with Crippen molar-refractivity contribution in [3.63, 3.8) is 0 Å². The van der Waals surface area contributed by atoms with Gasteiger partial charge in [0.15, 0.2) is 18.1 Å². The molecule has 0 unspecified atom stereocenters. The van der Waals surface area contributed by atoms with Gasteiger partial charge in [-0.15, -0.1) is 0 Å². The lowest BCUT2D eigenvalue weighted by Crippen LogP contribution is -2.25. The normalized spacial score (nSPS) is 14.2. The molecule has 1 aliphatic carbocycles. The molecule has 0 radical (unpaired) electrons. The van der Waals surface area contributed by atoms with Gasteiger partial charge in [-0.2, -0.15) is 9.78 Å². The van der Waals surface area contributed by atoms with Gasteiger partial charge in [0.2, 0.25) is 0 Å². The lowest BCUT2D eigenvalue weighted by molar-refractivity contribution is -0.145. The molecule has 4 rings (SSSR count). The number of carbonyl (C=O) groups excluding carboxylic acids is 1. The Hall–Kier alpha value is -2.24. The van der Waals surface area contributed by atoms with Gasteiger partial charge < -0.3 is 14.2 Å². The Balaban J connectivity index is 1.78. The smallest absolute Gasteiger partial charge is 0.344 e. The summed E-state index contributed by atoms with van der Waals surface area (Å²) in [6.45, 7) is 3.98. The second-order valence-electron chi connectivity index (χ2n) is 8.78. The van der Waals surface area contributed by atoms with Crippen LogP contribution in [0.15, 0.2) is 47.6 Å². The van der Waals surface area contributed by atoms with Crippen LogP contribution in [0.1, 0.15) is 63.3 Å². The van der Waals surface area contributed by atoms with Crippen molar-refractivity contribution in [2.24, 2.45) is 5.10 Å². The second kappa shape index (κ2) is 13.2. The average molecular weight is 714 g/mol. The number of carbonyl (C=O) groups is 1. The molecule has 0 N–H and O–H groups in total. The minimum Gasteiger partial charge on any atom is -0.490 e. The van der Waals surface area contributed by atoms with Crippen molar-refractivity contribution in [3.8, 4) is 11.5 Å². The number of aromatic nitrogens is 2. The van der Waals surface area contributed by atoms with Crippen LogP contribution >= 0.6 is 47.8 Å². The van der Waals surface area contributed by atoms with Gasteiger partial charge in [-0.3, -0.25) is 4.79 Å². The molecule has 1 aliphatic rings. The van der Waals surface area contributed by atoms with Gasteiger partial charge in [0.25, 0.3) is 5.56 Å². The summed E-state index contributed by atoms with van der Waals surface area (Å²) in [6, 6.07) is 7.27. The van der Waals surface area contributed by atoms with E-state index in [1.807, 2.05) is 19.1 Å². The Kier molecular flexibility index (Phi) is 10.00. The van der Waals surface area contributed by atoms with E-state index < -0.39 is 5.97 Å². The third kappa shape index (κ3) is 6.48. The number of rotatable bonds is 9. The molecule has 1 saturated carbocycles. The number of esters is 1. The summed E-state index contributed by atoms with van der Waals surface area (Å²) in [5.41, 5.74) is 1.10. The first kappa shape index (κ1) is 28.8. The fourth-order valence-corrected chi connectivity index (χ4v) is 5.75. The van der Waals surface area contributed by atoms with Gasteiger partial charge in [0, 0.05) is 20.4 Å². The van der Waals surface area contributed by atoms with E-state index in [-0.39, 0.29) is 24.7 Å². The van der Waals surface area contributed by atoms with Crippen LogP contribution in [0, 0.1) is 0 Å². The van der Waals surface area contributed by atoms with Gasteiger partial charge in [0.1, 0.15) is 5.82 Å². The molecule has 0 amide bonds. The molecule has 1 heterocycles. The Morgan fingerprint density at radius 2 is 1.84 bits per heavy atom. The molecule has 0 saturated heterocycles. The van der Waals surface area contributed by atoms with Crippen molar-refractivity contribution >= 4 is 70.9 Å². The third-order valence-corrected chi connectivity index (χ3v) is 8.85. The molecular weight excluding hydrogens is 686 g/mol. The number of fused-ring (bicyclic) bond motifs is 1. The first-order valence-corrected chi connectivity index (χ1v) is 14.9. The predicted molar refractivity (Wildman–Crippen MR) is 158 cm³/mol. The maximum absolute atomic E-state index is 13.6. The lowest BCUT2D eigenvalue weighted by atomic mass is 9.88. The van der Waals surface area contributed by atoms with Crippen molar-refractivity contribution in [2.75, 3.05) is 19.8 Å². The zero-order chi connectivity index (χ0) is 27.2. The van der Waals surface area contributed by atoms with Crippen LogP contribution in [0.5, 0.6) is 11.5 Å². The van der Waals surface area contributed by atoms with Crippen LogP contribution in [0.25, 0.3) is 10.9 Å². The van der Waals surface area contributed by atoms with Gasteiger partial charge in [-0.25, -0.2) is 9.78 Å². The highest BCUT2D eigenvalue weighted by atomic mass is 79.9. The first-order chi connectivity index (χ1) is 18.3. The fraction of sp³-hybridized carbons (Fsp3) is 0.407. The molecule has 0 atom stereocenters. The molecule has 1 fully saturated rings. The van der Waals surface area contributed by atoms with Crippen molar-refractivity contribution < 1.29 is 19.0 Å². The maximum Gasteiger partial charge on any atom is 0.344 e. The summed E-state index contributed by atoms with van der Waals surface area (Å²) in [6.07, 6.45) is 6.95. The quantitative estimate of drug-likeness (QED) is 0.176. The summed E-state index contributed by atoms with van der Waals surface area (Å²) in [4.78, 5) is 30.4. The summed E-state index contributed by atoms with van der Waals surface area (Å²) in [5, 5.41) is 5.14. The summed E-state index contributed by atoms with van der Waals surface area (Å²) in [7, 11) is 0. The standard InChI is InChI=1S/C27H28Br3N3O5/c1-3-36-21-12-17(23(29)24(30)25(21)38-15-22(34)37-4-2)14-31-33-26(16-8-6-5-7-9-16)32-20-11-10-18(28)13-19(20)27(33)35/h10-14,16H,3-9,15H2,1-2H3. The topological polar surface area (TPSA) is 92.0 Å². The number of hydrogen-bond donors (Lipinski definition) is 0. The minimum absolute atomic E-state index is 0.162. The highest BCUT2D eigenvalue weighted by Crippen LogP contribution is 2.42. The van der Waals surface area contributed by atoms with E-state index in [1.54, 1.807) is 25.3 Å². The van der Waals surface area contributed by atoms with Crippen molar-refractivity contribution in [1.82, 2.24) is 9.66 Å². The Labute approximate surface area is 246 Å². The van der Waals surface area contributed by atoms with E-state index in [4.69, 9.17) is 19.2 Å². The van der Waals surface area contributed by atoms with Crippen LogP contribution in [0.2, 0.25) is 0 Å². The van der Waals surface area contributed by atoms with Crippen LogP contribution in [-0.4, -0.2) is 41.7 Å². The number of benzene rings is 2. The molecule has 0 spiro atoms. The van der Waals surface area contributed by atoms with Gasteiger partial charge in [-0.1, -0.05) is 35.2 Å². The highest BCUT2D eigenvalue weighted by Gasteiger charge is 2.23. The largest absolute Gasteiger partial charge is 0.490 e. The molecule has 2 aromatic carbocycles. The van der Waals surface area contributed by atoms with Crippen molar-refractivity contribution in [2.45, 2.75) is 51.9 Å². The molecule has 8 nitrogen and oxygen atoms in total. The van der Waals surface area contributed by atoms with Crippen LogP contribution in [0.4, 0.5) is 0 Å². The SMILES string of the molecule is CCOC(=O)COc1c(OCC)cc(C=Nn2c(C3CCCCC3)nc3ccc(Br)cc3c2=O)c(Br)c1Br. The first-order valence-electron chi connectivity index (χ1n) is 12.5. The summed E-state index contributed by atoms with van der Waals surface area (Å²) < 4.78 is 19.9. The molecule has 0 bridgehead atoms. The number of ether oxygens (including phenoxy) is 3.